The SMILES string of the molecule is O=P(O)(O)CC(n1ccnc1)P(=O)(O)O. The Kier molecular flexibility index (Phi) is 3.50. The number of aromatic nitrogens is 2. The third kappa shape index (κ3) is 3.87. The summed E-state index contributed by atoms with van der Waals surface area (Å²) >= 11 is 0. The van der Waals surface area contributed by atoms with Gasteiger partial charge in [-0.25, -0.2) is 4.98 Å². The smallest absolute Gasteiger partial charge is 0.324 e. The van der Waals surface area contributed by atoms with E-state index >= 15 is 0 Å². The summed E-state index contributed by atoms with van der Waals surface area (Å²) in [6.07, 6.45) is 2.68. The summed E-state index contributed by atoms with van der Waals surface area (Å²) in [4.78, 5) is 38.8. The first-order valence-electron chi connectivity index (χ1n) is 3.77. The minimum absolute atomic E-state index is 0.923. The monoisotopic (exact) mass is 256 g/mol. The molecule has 8 nitrogen and oxygen atoms in total. The Morgan fingerprint density at radius 1 is 1.27 bits per heavy atom. The van der Waals surface area contributed by atoms with Crippen LogP contribution in [0, 0.1) is 0 Å². The fourth-order valence-electron chi connectivity index (χ4n) is 1.03. The first kappa shape index (κ1) is 12.6. The van der Waals surface area contributed by atoms with Crippen LogP contribution >= 0.6 is 15.2 Å². The quantitative estimate of drug-likeness (QED) is 0.545. The van der Waals surface area contributed by atoms with E-state index in [9.17, 15) is 9.13 Å². The number of hydrogen-bond donors (Lipinski definition) is 4. The average molecular weight is 256 g/mol. The van der Waals surface area contributed by atoms with Gasteiger partial charge < -0.3 is 24.1 Å². The molecule has 0 saturated carbocycles. The van der Waals surface area contributed by atoms with Gasteiger partial charge in [0, 0.05) is 12.4 Å². The highest BCUT2D eigenvalue weighted by Gasteiger charge is 2.35. The molecular formula is C5H10N2O6P2. The summed E-state index contributed by atoms with van der Waals surface area (Å²) in [5.74, 6) is -1.58. The van der Waals surface area contributed by atoms with Crippen molar-refractivity contribution in [1.29, 1.82) is 0 Å². The van der Waals surface area contributed by atoms with Gasteiger partial charge in [-0.05, 0) is 0 Å². The van der Waals surface area contributed by atoms with Crippen molar-refractivity contribution in [1.82, 2.24) is 9.55 Å². The molecule has 0 amide bonds. The Morgan fingerprint density at radius 2 is 1.87 bits per heavy atom. The first-order chi connectivity index (χ1) is 6.70. The first-order valence-corrected chi connectivity index (χ1v) is 7.25. The Labute approximate surface area is 84.9 Å². The maximum atomic E-state index is 11.0. The topological polar surface area (TPSA) is 133 Å². The number of rotatable bonds is 4. The molecule has 1 atom stereocenters. The lowest BCUT2D eigenvalue weighted by Gasteiger charge is -2.19. The molecule has 10 heteroatoms. The van der Waals surface area contributed by atoms with Crippen LogP contribution < -0.4 is 0 Å². The molecule has 0 saturated heterocycles. The van der Waals surface area contributed by atoms with Gasteiger partial charge >= 0.3 is 15.2 Å². The number of imidazole rings is 1. The van der Waals surface area contributed by atoms with Crippen LogP contribution in [0.1, 0.15) is 5.78 Å². The van der Waals surface area contributed by atoms with Gasteiger partial charge in [-0.3, -0.25) is 9.13 Å². The molecule has 1 unspecified atom stereocenters. The van der Waals surface area contributed by atoms with Crippen LogP contribution in [-0.4, -0.2) is 35.3 Å². The van der Waals surface area contributed by atoms with E-state index in [2.05, 4.69) is 4.98 Å². The van der Waals surface area contributed by atoms with Crippen LogP contribution in [0.25, 0.3) is 0 Å². The van der Waals surface area contributed by atoms with Crippen LogP contribution in [0.4, 0.5) is 0 Å². The highest BCUT2D eigenvalue weighted by atomic mass is 31.2. The average Bonchev–Trinajstić information content (AvgIpc) is 2.47. The van der Waals surface area contributed by atoms with Crippen LogP contribution in [0.2, 0.25) is 0 Å². The fourth-order valence-corrected chi connectivity index (χ4v) is 3.62. The van der Waals surface area contributed by atoms with Crippen molar-refractivity contribution >= 4 is 15.2 Å². The van der Waals surface area contributed by atoms with Gasteiger partial charge in [-0.15, -0.1) is 0 Å². The Hall–Kier alpha value is -0.490. The molecule has 0 aliphatic heterocycles. The maximum absolute atomic E-state index is 11.0. The van der Waals surface area contributed by atoms with Crippen LogP contribution in [-0.2, 0) is 9.13 Å². The van der Waals surface area contributed by atoms with E-state index in [0.29, 0.717) is 0 Å². The molecule has 86 valence electrons. The molecule has 1 aromatic heterocycles. The summed E-state index contributed by atoms with van der Waals surface area (Å²) in [6, 6.07) is 0. The summed E-state index contributed by atoms with van der Waals surface area (Å²) in [6.45, 7) is 0. The van der Waals surface area contributed by atoms with E-state index in [0.717, 1.165) is 10.9 Å². The van der Waals surface area contributed by atoms with Gasteiger partial charge in [-0.1, -0.05) is 0 Å². The van der Waals surface area contributed by atoms with Crippen molar-refractivity contribution in [2.24, 2.45) is 0 Å². The summed E-state index contributed by atoms with van der Waals surface area (Å²) in [7, 11) is -9.13. The molecule has 0 radical (unpaired) electrons. The van der Waals surface area contributed by atoms with Crippen molar-refractivity contribution in [3.63, 3.8) is 0 Å². The van der Waals surface area contributed by atoms with Gasteiger partial charge in [-0.2, -0.15) is 0 Å². The molecule has 0 bridgehead atoms. The van der Waals surface area contributed by atoms with Crippen LogP contribution in [0.5, 0.6) is 0 Å². The fraction of sp³-hybridized carbons (Fsp3) is 0.400. The zero-order valence-corrected chi connectivity index (χ0v) is 9.20. The van der Waals surface area contributed by atoms with E-state index in [1.165, 1.54) is 12.4 Å². The van der Waals surface area contributed by atoms with Crippen molar-refractivity contribution in [2.75, 3.05) is 6.16 Å². The zero-order valence-electron chi connectivity index (χ0n) is 7.41. The second-order valence-electron chi connectivity index (χ2n) is 2.93. The minimum atomic E-state index is -4.63. The van der Waals surface area contributed by atoms with Gasteiger partial charge in [0.2, 0.25) is 0 Å². The lowest BCUT2D eigenvalue weighted by molar-refractivity contribution is 0.331. The van der Waals surface area contributed by atoms with Gasteiger partial charge in [0.1, 0.15) is 5.78 Å². The Balaban J connectivity index is 3.01. The molecule has 0 aromatic carbocycles. The molecule has 0 aliphatic carbocycles. The normalized spacial score (nSPS) is 15.2. The van der Waals surface area contributed by atoms with Crippen molar-refractivity contribution in [2.45, 2.75) is 5.78 Å². The van der Waals surface area contributed by atoms with Crippen molar-refractivity contribution in [3.8, 4) is 0 Å². The van der Waals surface area contributed by atoms with E-state index in [1.807, 2.05) is 0 Å². The number of nitrogens with zero attached hydrogens (tertiary/aromatic N) is 2. The van der Waals surface area contributed by atoms with Crippen LogP contribution in [0.15, 0.2) is 18.7 Å². The third-order valence-corrected chi connectivity index (χ3v) is 3.99. The van der Waals surface area contributed by atoms with Crippen molar-refractivity contribution < 1.29 is 28.7 Å². The lowest BCUT2D eigenvalue weighted by Crippen LogP contribution is -2.12. The highest BCUT2D eigenvalue weighted by molar-refractivity contribution is 7.56. The van der Waals surface area contributed by atoms with E-state index in [1.54, 1.807) is 0 Å². The predicted molar refractivity (Wildman–Crippen MR) is 50.2 cm³/mol. The molecule has 4 N–H and O–H groups in total. The standard InChI is InChI=1S/C5H10N2O6P2/c8-14(9,10)3-5(15(11,12)13)7-2-1-6-4-7/h1-2,4-5H,3H2,(H2,8,9,10)(H2,11,12,13). The highest BCUT2D eigenvalue weighted by Crippen LogP contribution is 2.54. The molecule has 1 rings (SSSR count). The second-order valence-corrected chi connectivity index (χ2v) is 6.40. The van der Waals surface area contributed by atoms with Gasteiger partial charge in [0.15, 0.2) is 0 Å². The van der Waals surface area contributed by atoms with E-state index in [-0.39, 0.29) is 0 Å². The maximum Gasteiger partial charge on any atom is 0.348 e. The molecule has 0 aliphatic rings. The molecule has 1 aromatic rings. The van der Waals surface area contributed by atoms with Gasteiger partial charge in [0.25, 0.3) is 0 Å². The van der Waals surface area contributed by atoms with Crippen LogP contribution in [0.3, 0.4) is 0 Å². The Morgan fingerprint density at radius 3 is 2.20 bits per heavy atom. The molecular weight excluding hydrogens is 246 g/mol. The summed E-state index contributed by atoms with van der Waals surface area (Å²) in [5.41, 5.74) is 0. The predicted octanol–water partition coefficient (Wildman–Crippen LogP) is -0.263. The lowest BCUT2D eigenvalue weighted by atomic mass is 10.7. The third-order valence-electron chi connectivity index (χ3n) is 1.66. The molecule has 0 spiro atoms. The number of hydrogen-bond acceptors (Lipinski definition) is 3. The zero-order chi connectivity index (χ0) is 11.7. The van der Waals surface area contributed by atoms with Gasteiger partial charge in [0.05, 0.1) is 12.5 Å². The van der Waals surface area contributed by atoms with Crippen molar-refractivity contribution in [3.05, 3.63) is 18.7 Å². The van der Waals surface area contributed by atoms with E-state index < -0.39 is 27.1 Å². The second kappa shape index (κ2) is 4.17. The minimum Gasteiger partial charge on any atom is -0.324 e. The largest absolute Gasteiger partial charge is 0.348 e. The molecule has 0 fully saturated rings. The molecule has 15 heavy (non-hydrogen) atoms. The Bertz CT molecular complexity index is 405. The molecule has 1 heterocycles. The van der Waals surface area contributed by atoms with E-state index in [4.69, 9.17) is 19.6 Å². The summed E-state index contributed by atoms with van der Waals surface area (Å²) in [5, 5.41) is 0. The summed E-state index contributed by atoms with van der Waals surface area (Å²) < 4.78 is 22.7.